The lowest BCUT2D eigenvalue weighted by Gasteiger charge is -2.34. The van der Waals surface area contributed by atoms with Crippen molar-refractivity contribution in [1.29, 1.82) is 0 Å². The average Bonchev–Trinajstić information content (AvgIpc) is 2.98. The van der Waals surface area contributed by atoms with Crippen molar-refractivity contribution in [2.45, 2.75) is 37.1 Å². The molecular formula is C10H19F3N2O2. The summed E-state index contributed by atoms with van der Waals surface area (Å²) in [4.78, 5) is 1.25. The molecule has 17 heavy (non-hydrogen) atoms. The number of nitrogens with two attached hydrogens (primary N) is 1. The lowest BCUT2D eigenvalue weighted by Crippen LogP contribution is -2.55. The Kier molecular flexibility index (Phi) is 5.18. The van der Waals surface area contributed by atoms with E-state index in [1.807, 2.05) is 0 Å². The minimum absolute atomic E-state index is 0.114. The van der Waals surface area contributed by atoms with Gasteiger partial charge in [-0.05, 0) is 12.8 Å². The molecule has 0 aromatic heterocycles. The van der Waals surface area contributed by atoms with Gasteiger partial charge in [-0.25, -0.2) is 0 Å². The zero-order chi connectivity index (χ0) is 13.1. The van der Waals surface area contributed by atoms with Crippen LogP contribution in [0.3, 0.4) is 0 Å². The van der Waals surface area contributed by atoms with Crippen LogP contribution in [0.5, 0.6) is 0 Å². The van der Waals surface area contributed by atoms with E-state index in [-0.39, 0.29) is 12.6 Å². The first kappa shape index (κ1) is 14.7. The predicted octanol–water partition coefficient (Wildman–Crippen LogP) is 0.348. The SMILES string of the molecule is COCC(N)C(CO)N(CC(F)(F)F)C1CC1. The average molecular weight is 256 g/mol. The molecule has 0 spiro atoms. The highest BCUT2D eigenvalue weighted by molar-refractivity contribution is 4.93. The Balaban J connectivity index is 2.65. The Hall–Kier alpha value is -0.370. The lowest BCUT2D eigenvalue weighted by atomic mass is 10.1. The molecule has 7 heteroatoms. The highest BCUT2D eigenvalue weighted by atomic mass is 19.4. The van der Waals surface area contributed by atoms with Gasteiger partial charge in [-0.1, -0.05) is 0 Å². The number of aliphatic hydroxyl groups excluding tert-OH is 1. The van der Waals surface area contributed by atoms with Crippen molar-refractivity contribution in [1.82, 2.24) is 4.90 Å². The van der Waals surface area contributed by atoms with E-state index in [0.717, 1.165) is 12.8 Å². The first-order valence-electron chi connectivity index (χ1n) is 5.57. The summed E-state index contributed by atoms with van der Waals surface area (Å²) >= 11 is 0. The van der Waals surface area contributed by atoms with Crippen molar-refractivity contribution in [2.75, 3.05) is 26.9 Å². The molecule has 2 atom stereocenters. The minimum atomic E-state index is -4.27. The maximum atomic E-state index is 12.4. The molecule has 0 saturated heterocycles. The second kappa shape index (κ2) is 5.99. The van der Waals surface area contributed by atoms with Gasteiger partial charge in [-0.15, -0.1) is 0 Å². The monoisotopic (exact) mass is 256 g/mol. The first-order valence-corrected chi connectivity index (χ1v) is 5.57. The molecule has 0 heterocycles. The maximum absolute atomic E-state index is 12.4. The number of halogens is 3. The summed E-state index contributed by atoms with van der Waals surface area (Å²) in [5.74, 6) is 0. The highest BCUT2D eigenvalue weighted by Gasteiger charge is 2.42. The molecule has 0 amide bonds. The van der Waals surface area contributed by atoms with Crippen LogP contribution >= 0.6 is 0 Å². The molecule has 102 valence electrons. The largest absolute Gasteiger partial charge is 0.401 e. The number of alkyl halides is 3. The van der Waals surface area contributed by atoms with Crippen molar-refractivity contribution < 1.29 is 23.0 Å². The van der Waals surface area contributed by atoms with E-state index in [0.29, 0.717) is 0 Å². The fourth-order valence-electron chi connectivity index (χ4n) is 1.92. The van der Waals surface area contributed by atoms with Gasteiger partial charge in [0.1, 0.15) is 0 Å². The zero-order valence-corrected chi connectivity index (χ0v) is 9.78. The molecule has 1 rings (SSSR count). The van der Waals surface area contributed by atoms with Crippen molar-refractivity contribution in [3.63, 3.8) is 0 Å². The summed E-state index contributed by atoms with van der Waals surface area (Å²) in [5.41, 5.74) is 5.73. The molecule has 1 aliphatic carbocycles. The third kappa shape index (κ3) is 4.79. The number of methoxy groups -OCH3 is 1. The van der Waals surface area contributed by atoms with Crippen molar-refractivity contribution in [2.24, 2.45) is 5.73 Å². The quantitative estimate of drug-likeness (QED) is 0.690. The Morgan fingerprint density at radius 2 is 2.06 bits per heavy atom. The molecule has 1 saturated carbocycles. The van der Waals surface area contributed by atoms with Crippen LogP contribution in [-0.4, -0.2) is 61.2 Å². The van der Waals surface area contributed by atoms with E-state index in [1.165, 1.54) is 12.0 Å². The lowest BCUT2D eigenvalue weighted by molar-refractivity contribution is -0.155. The van der Waals surface area contributed by atoms with Crippen LogP contribution in [0.2, 0.25) is 0 Å². The zero-order valence-electron chi connectivity index (χ0n) is 9.78. The van der Waals surface area contributed by atoms with Gasteiger partial charge < -0.3 is 15.6 Å². The standard InChI is InChI=1S/C10H19F3N2O2/c1-17-5-8(14)9(4-16)15(7-2-3-7)6-10(11,12)13/h7-9,16H,2-6,14H2,1H3. The Morgan fingerprint density at radius 3 is 2.41 bits per heavy atom. The second-order valence-corrected chi connectivity index (χ2v) is 4.39. The van der Waals surface area contributed by atoms with Crippen LogP contribution in [0.1, 0.15) is 12.8 Å². The fraction of sp³-hybridized carbons (Fsp3) is 1.00. The summed E-state index contributed by atoms with van der Waals surface area (Å²) in [6, 6.07) is -1.44. The van der Waals surface area contributed by atoms with Crippen LogP contribution in [0, 0.1) is 0 Å². The van der Waals surface area contributed by atoms with Gasteiger partial charge in [0.25, 0.3) is 0 Å². The summed E-state index contributed by atoms with van der Waals surface area (Å²) in [5, 5.41) is 9.22. The highest BCUT2D eigenvalue weighted by Crippen LogP contribution is 2.32. The molecule has 4 nitrogen and oxygen atoms in total. The van der Waals surface area contributed by atoms with E-state index < -0.39 is 31.4 Å². The molecule has 1 fully saturated rings. The molecule has 0 aromatic rings. The first-order chi connectivity index (χ1) is 7.89. The van der Waals surface area contributed by atoms with E-state index in [9.17, 15) is 18.3 Å². The molecule has 3 N–H and O–H groups in total. The van der Waals surface area contributed by atoms with E-state index in [2.05, 4.69) is 0 Å². The normalized spacial score (nSPS) is 20.6. The number of rotatable bonds is 7. The Morgan fingerprint density at radius 1 is 1.47 bits per heavy atom. The minimum Gasteiger partial charge on any atom is -0.395 e. The van der Waals surface area contributed by atoms with Crippen LogP contribution in [0.15, 0.2) is 0 Å². The third-order valence-corrected chi connectivity index (χ3v) is 2.84. The van der Waals surface area contributed by atoms with Crippen LogP contribution < -0.4 is 5.73 Å². The Labute approximate surface area is 98.5 Å². The van der Waals surface area contributed by atoms with Gasteiger partial charge in [0.2, 0.25) is 0 Å². The van der Waals surface area contributed by atoms with E-state index in [1.54, 1.807) is 0 Å². The van der Waals surface area contributed by atoms with Gasteiger partial charge >= 0.3 is 6.18 Å². The van der Waals surface area contributed by atoms with Gasteiger partial charge in [-0.3, -0.25) is 4.90 Å². The van der Waals surface area contributed by atoms with Gasteiger partial charge in [0, 0.05) is 19.2 Å². The van der Waals surface area contributed by atoms with Crippen LogP contribution in [0.4, 0.5) is 13.2 Å². The number of aliphatic hydroxyl groups is 1. The molecule has 0 radical (unpaired) electrons. The summed E-state index contributed by atoms with van der Waals surface area (Å²) < 4.78 is 42.2. The molecule has 2 unspecified atom stereocenters. The second-order valence-electron chi connectivity index (χ2n) is 4.39. The summed E-state index contributed by atoms with van der Waals surface area (Å²) in [7, 11) is 1.43. The van der Waals surface area contributed by atoms with Crippen LogP contribution in [0.25, 0.3) is 0 Å². The number of ether oxygens (including phenoxy) is 1. The van der Waals surface area contributed by atoms with Gasteiger partial charge in [-0.2, -0.15) is 13.2 Å². The van der Waals surface area contributed by atoms with Gasteiger partial charge in [0.05, 0.1) is 25.8 Å². The van der Waals surface area contributed by atoms with Crippen molar-refractivity contribution in [3.05, 3.63) is 0 Å². The summed E-state index contributed by atoms with van der Waals surface area (Å²) in [6.07, 6.45) is -2.82. The van der Waals surface area contributed by atoms with E-state index >= 15 is 0 Å². The van der Waals surface area contributed by atoms with Crippen molar-refractivity contribution >= 4 is 0 Å². The fourth-order valence-corrected chi connectivity index (χ4v) is 1.92. The molecule has 1 aliphatic rings. The number of hydrogen-bond donors (Lipinski definition) is 2. The summed E-state index contributed by atoms with van der Waals surface area (Å²) in [6.45, 7) is -1.29. The maximum Gasteiger partial charge on any atom is 0.401 e. The van der Waals surface area contributed by atoms with Gasteiger partial charge in [0.15, 0.2) is 0 Å². The molecular weight excluding hydrogens is 237 g/mol. The molecule has 0 bridgehead atoms. The smallest absolute Gasteiger partial charge is 0.395 e. The van der Waals surface area contributed by atoms with Crippen molar-refractivity contribution in [3.8, 4) is 0 Å². The van der Waals surface area contributed by atoms with E-state index in [4.69, 9.17) is 10.5 Å². The molecule has 0 aliphatic heterocycles. The van der Waals surface area contributed by atoms with Crippen LogP contribution in [-0.2, 0) is 4.74 Å². The topological polar surface area (TPSA) is 58.7 Å². The predicted molar refractivity (Wildman–Crippen MR) is 56.5 cm³/mol. The third-order valence-electron chi connectivity index (χ3n) is 2.84. The number of hydrogen-bond acceptors (Lipinski definition) is 4. The Bertz CT molecular complexity index is 234. The number of nitrogens with zero attached hydrogens (tertiary/aromatic N) is 1. The molecule has 0 aromatic carbocycles.